The van der Waals surface area contributed by atoms with E-state index in [-0.39, 0.29) is 18.4 Å². The third-order valence-electron chi connectivity index (χ3n) is 3.42. The second-order valence-electron chi connectivity index (χ2n) is 5.28. The fourth-order valence-electron chi connectivity index (χ4n) is 1.71. The van der Waals surface area contributed by atoms with Gasteiger partial charge in [-0.15, -0.1) is 0 Å². The Kier molecular flexibility index (Phi) is 4.78. The van der Waals surface area contributed by atoms with Crippen molar-refractivity contribution in [2.45, 2.75) is 27.2 Å². The Morgan fingerprint density at radius 1 is 1.35 bits per heavy atom. The van der Waals surface area contributed by atoms with E-state index < -0.39 is 5.97 Å². The molecule has 1 aliphatic rings. The third-order valence-corrected chi connectivity index (χ3v) is 3.42. The minimum Gasteiger partial charge on any atom is -0.481 e. The average molecular weight is 242 g/mol. The van der Waals surface area contributed by atoms with Crippen molar-refractivity contribution in [1.29, 1.82) is 0 Å². The zero-order valence-corrected chi connectivity index (χ0v) is 10.8. The largest absolute Gasteiger partial charge is 0.481 e. The van der Waals surface area contributed by atoms with Crippen LogP contribution in [0.4, 0.5) is 4.79 Å². The molecule has 98 valence electrons. The van der Waals surface area contributed by atoms with Gasteiger partial charge in [-0.1, -0.05) is 20.8 Å². The molecule has 1 heterocycles. The van der Waals surface area contributed by atoms with Gasteiger partial charge in [-0.3, -0.25) is 4.79 Å². The Hall–Kier alpha value is -1.26. The lowest BCUT2D eigenvalue weighted by molar-refractivity contribution is -0.139. The molecule has 17 heavy (non-hydrogen) atoms. The van der Waals surface area contributed by atoms with Crippen LogP contribution < -0.4 is 5.32 Å². The molecule has 1 aliphatic heterocycles. The van der Waals surface area contributed by atoms with Crippen molar-refractivity contribution in [2.24, 2.45) is 17.8 Å². The minimum absolute atomic E-state index is 0.0702. The first-order chi connectivity index (χ1) is 7.90. The van der Waals surface area contributed by atoms with Gasteiger partial charge in [0.2, 0.25) is 0 Å². The number of hydrogen-bond acceptors (Lipinski definition) is 2. The predicted octanol–water partition coefficient (Wildman–Crippen LogP) is 1.39. The molecule has 0 bridgehead atoms. The van der Waals surface area contributed by atoms with Crippen LogP contribution in [0.2, 0.25) is 0 Å². The smallest absolute Gasteiger partial charge is 0.317 e. The zero-order chi connectivity index (χ0) is 13.0. The topological polar surface area (TPSA) is 69.6 Å². The Morgan fingerprint density at radius 2 is 1.94 bits per heavy atom. The van der Waals surface area contributed by atoms with Gasteiger partial charge in [-0.2, -0.15) is 0 Å². The molecule has 1 rings (SSSR count). The Bertz CT molecular complexity index is 285. The van der Waals surface area contributed by atoms with Crippen molar-refractivity contribution in [3.63, 3.8) is 0 Å². The SMILES string of the molecule is CC(C)C(C)CNC(=O)N1CC(CC(=O)O)C1. The monoisotopic (exact) mass is 242 g/mol. The molecule has 1 saturated heterocycles. The molecule has 0 aromatic rings. The minimum atomic E-state index is -0.788. The summed E-state index contributed by atoms with van der Waals surface area (Å²) < 4.78 is 0. The fraction of sp³-hybridized carbons (Fsp3) is 0.833. The summed E-state index contributed by atoms with van der Waals surface area (Å²) in [5, 5.41) is 11.5. The molecule has 0 radical (unpaired) electrons. The van der Waals surface area contributed by atoms with Gasteiger partial charge in [-0.05, 0) is 11.8 Å². The summed E-state index contributed by atoms with van der Waals surface area (Å²) in [5.41, 5.74) is 0. The number of nitrogens with one attached hydrogen (secondary N) is 1. The first kappa shape index (κ1) is 13.8. The molecule has 2 N–H and O–H groups in total. The maximum Gasteiger partial charge on any atom is 0.317 e. The van der Waals surface area contributed by atoms with Crippen LogP contribution in [0.3, 0.4) is 0 Å². The van der Waals surface area contributed by atoms with Crippen LogP contribution in [-0.4, -0.2) is 41.6 Å². The van der Waals surface area contributed by atoms with E-state index in [9.17, 15) is 9.59 Å². The van der Waals surface area contributed by atoms with E-state index in [4.69, 9.17) is 5.11 Å². The summed E-state index contributed by atoms with van der Waals surface area (Å²) in [6, 6.07) is -0.0702. The number of carbonyl (C=O) groups excluding carboxylic acids is 1. The van der Waals surface area contributed by atoms with Gasteiger partial charge in [0.1, 0.15) is 0 Å². The fourth-order valence-corrected chi connectivity index (χ4v) is 1.71. The van der Waals surface area contributed by atoms with Crippen LogP contribution in [0.25, 0.3) is 0 Å². The van der Waals surface area contributed by atoms with E-state index in [1.54, 1.807) is 4.90 Å². The van der Waals surface area contributed by atoms with Crippen molar-refractivity contribution in [2.75, 3.05) is 19.6 Å². The highest BCUT2D eigenvalue weighted by molar-refractivity contribution is 5.75. The average Bonchev–Trinajstić information content (AvgIpc) is 2.18. The first-order valence-electron chi connectivity index (χ1n) is 6.14. The lowest BCUT2D eigenvalue weighted by Crippen LogP contribution is -2.54. The summed E-state index contributed by atoms with van der Waals surface area (Å²) >= 11 is 0. The van der Waals surface area contributed by atoms with E-state index >= 15 is 0 Å². The first-order valence-corrected chi connectivity index (χ1v) is 6.14. The van der Waals surface area contributed by atoms with Crippen molar-refractivity contribution in [1.82, 2.24) is 10.2 Å². The summed E-state index contributed by atoms with van der Waals surface area (Å²) in [4.78, 5) is 23.8. The number of carboxylic acid groups (broad SMARTS) is 1. The molecule has 1 atom stereocenters. The summed E-state index contributed by atoms with van der Waals surface area (Å²) in [7, 11) is 0. The number of amides is 2. The standard InChI is InChI=1S/C12H22N2O3/c1-8(2)9(3)5-13-12(17)14-6-10(7-14)4-11(15)16/h8-10H,4-7H2,1-3H3,(H,13,17)(H,15,16). The summed E-state index contributed by atoms with van der Waals surface area (Å²) in [6.45, 7) is 8.17. The molecule has 5 nitrogen and oxygen atoms in total. The number of carboxylic acids is 1. The van der Waals surface area contributed by atoms with Crippen LogP contribution in [0.1, 0.15) is 27.2 Å². The second kappa shape index (κ2) is 5.89. The summed E-state index contributed by atoms with van der Waals surface area (Å²) in [6.07, 6.45) is 0.159. The normalized spacial score (nSPS) is 17.8. The van der Waals surface area contributed by atoms with Crippen LogP contribution in [-0.2, 0) is 4.79 Å². The van der Waals surface area contributed by atoms with E-state index in [2.05, 4.69) is 26.1 Å². The number of aliphatic carboxylic acids is 1. The number of likely N-dealkylation sites (tertiary alicyclic amines) is 1. The molecular formula is C12H22N2O3. The third kappa shape index (κ3) is 4.24. The molecule has 0 aromatic heterocycles. The molecule has 1 unspecified atom stereocenters. The highest BCUT2D eigenvalue weighted by Gasteiger charge is 2.31. The lowest BCUT2D eigenvalue weighted by atomic mass is 9.96. The molecule has 0 spiro atoms. The lowest BCUT2D eigenvalue weighted by Gasteiger charge is -2.38. The van der Waals surface area contributed by atoms with Gasteiger partial charge in [0.05, 0.1) is 6.42 Å². The Morgan fingerprint density at radius 3 is 2.41 bits per heavy atom. The number of rotatable bonds is 5. The highest BCUT2D eigenvalue weighted by Crippen LogP contribution is 2.19. The van der Waals surface area contributed by atoms with Crippen molar-refractivity contribution in [3.05, 3.63) is 0 Å². The van der Waals surface area contributed by atoms with Crippen molar-refractivity contribution in [3.8, 4) is 0 Å². The molecule has 0 aromatic carbocycles. The van der Waals surface area contributed by atoms with Crippen LogP contribution in [0.15, 0.2) is 0 Å². The zero-order valence-electron chi connectivity index (χ0n) is 10.8. The quantitative estimate of drug-likeness (QED) is 0.765. The van der Waals surface area contributed by atoms with Gasteiger partial charge >= 0.3 is 12.0 Å². The van der Waals surface area contributed by atoms with E-state index in [0.29, 0.717) is 31.5 Å². The van der Waals surface area contributed by atoms with E-state index in [0.717, 1.165) is 0 Å². The molecule has 1 fully saturated rings. The molecular weight excluding hydrogens is 220 g/mol. The Labute approximate surface area is 102 Å². The van der Waals surface area contributed by atoms with Crippen LogP contribution >= 0.6 is 0 Å². The van der Waals surface area contributed by atoms with Crippen LogP contribution in [0, 0.1) is 17.8 Å². The van der Waals surface area contributed by atoms with E-state index in [1.807, 2.05) is 0 Å². The van der Waals surface area contributed by atoms with E-state index in [1.165, 1.54) is 0 Å². The van der Waals surface area contributed by atoms with Crippen LogP contribution in [0.5, 0.6) is 0 Å². The molecule has 0 aliphatic carbocycles. The van der Waals surface area contributed by atoms with Gasteiger partial charge < -0.3 is 15.3 Å². The number of hydrogen-bond donors (Lipinski definition) is 2. The van der Waals surface area contributed by atoms with Gasteiger partial charge in [0.25, 0.3) is 0 Å². The van der Waals surface area contributed by atoms with Gasteiger partial charge in [0, 0.05) is 25.6 Å². The van der Waals surface area contributed by atoms with Crippen molar-refractivity contribution < 1.29 is 14.7 Å². The highest BCUT2D eigenvalue weighted by atomic mass is 16.4. The molecule has 2 amide bonds. The summed E-state index contributed by atoms with van der Waals surface area (Å²) in [5.74, 6) is 0.339. The molecule has 5 heteroatoms. The number of carbonyl (C=O) groups is 2. The second-order valence-corrected chi connectivity index (χ2v) is 5.28. The maximum atomic E-state index is 11.7. The van der Waals surface area contributed by atoms with Gasteiger partial charge in [0.15, 0.2) is 0 Å². The predicted molar refractivity (Wildman–Crippen MR) is 64.7 cm³/mol. The number of nitrogens with zero attached hydrogens (tertiary/aromatic N) is 1. The number of urea groups is 1. The Balaban J connectivity index is 2.17. The van der Waals surface area contributed by atoms with Crippen molar-refractivity contribution >= 4 is 12.0 Å². The molecule has 0 saturated carbocycles. The van der Waals surface area contributed by atoms with Gasteiger partial charge in [-0.25, -0.2) is 4.79 Å². The maximum absolute atomic E-state index is 11.7.